The minimum Gasteiger partial charge on any atom is -0.381 e. The fourth-order valence-corrected chi connectivity index (χ4v) is 2.98. The molecule has 74 valence electrons. The van der Waals surface area contributed by atoms with Gasteiger partial charge in [0.1, 0.15) is 6.10 Å². The number of aryl methyl sites for hydroxylation is 1. The van der Waals surface area contributed by atoms with Gasteiger partial charge in [-0.05, 0) is 39.5 Å². The summed E-state index contributed by atoms with van der Waals surface area (Å²) in [7, 11) is 1.93. The molecule has 2 aromatic heterocycles. The van der Waals surface area contributed by atoms with E-state index in [2.05, 4.69) is 15.9 Å². The Balaban J connectivity index is 2.38. The van der Waals surface area contributed by atoms with Crippen LogP contribution in [0.25, 0.3) is 0 Å². The molecule has 0 aromatic carbocycles. The number of rotatable bonds is 2. The van der Waals surface area contributed by atoms with Crippen molar-refractivity contribution in [3.8, 4) is 0 Å². The van der Waals surface area contributed by atoms with E-state index >= 15 is 0 Å². The maximum absolute atomic E-state index is 10.1. The van der Waals surface area contributed by atoms with E-state index in [-0.39, 0.29) is 0 Å². The minimum atomic E-state index is -0.538. The lowest BCUT2D eigenvalue weighted by atomic mass is 10.2. The van der Waals surface area contributed by atoms with Gasteiger partial charge in [0.2, 0.25) is 0 Å². The van der Waals surface area contributed by atoms with Gasteiger partial charge >= 0.3 is 0 Å². The Kier molecular flexibility index (Phi) is 2.76. The second-order valence-corrected chi connectivity index (χ2v) is 4.88. The summed E-state index contributed by atoms with van der Waals surface area (Å²) in [6.07, 6.45) is 1.39. The summed E-state index contributed by atoms with van der Waals surface area (Å²) in [4.78, 5) is 0.951. The Morgan fingerprint density at radius 3 is 2.79 bits per heavy atom. The van der Waals surface area contributed by atoms with Crippen LogP contribution in [0.2, 0.25) is 0 Å². The summed E-state index contributed by atoms with van der Waals surface area (Å²) in [6, 6.07) is 5.81. The summed E-state index contributed by atoms with van der Waals surface area (Å²) >= 11 is 4.97. The monoisotopic (exact) mass is 271 g/mol. The summed E-state index contributed by atoms with van der Waals surface area (Å²) in [5.74, 6) is 0. The van der Waals surface area contributed by atoms with E-state index < -0.39 is 6.10 Å². The molecule has 0 unspecified atom stereocenters. The van der Waals surface area contributed by atoms with Crippen molar-refractivity contribution >= 4 is 27.3 Å². The third kappa shape index (κ3) is 1.65. The lowest BCUT2D eigenvalue weighted by molar-refractivity contribution is 0.214. The van der Waals surface area contributed by atoms with Gasteiger partial charge in [-0.1, -0.05) is 0 Å². The van der Waals surface area contributed by atoms with Crippen molar-refractivity contribution in [2.24, 2.45) is 7.05 Å². The molecule has 0 saturated carbocycles. The number of halogens is 1. The van der Waals surface area contributed by atoms with Crippen molar-refractivity contribution in [3.05, 3.63) is 44.8 Å². The first kappa shape index (κ1) is 9.96. The van der Waals surface area contributed by atoms with Crippen LogP contribution in [0.3, 0.4) is 0 Å². The van der Waals surface area contributed by atoms with Gasteiger partial charge in [-0.3, -0.25) is 0 Å². The standard InChI is InChI=1S/C10H10BrNOS/c1-12-5-2-3-8(12)9(13)10-7(11)4-6-14-10/h2-6,9,13H,1H3/t9-/m1/s1. The molecular formula is C10H10BrNOS. The fourth-order valence-electron chi connectivity index (χ4n) is 1.39. The number of aromatic nitrogens is 1. The molecule has 2 rings (SSSR count). The van der Waals surface area contributed by atoms with Crippen LogP contribution in [-0.4, -0.2) is 9.67 Å². The van der Waals surface area contributed by atoms with Crippen LogP contribution < -0.4 is 0 Å². The van der Waals surface area contributed by atoms with Crippen LogP contribution >= 0.6 is 27.3 Å². The van der Waals surface area contributed by atoms with Gasteiger partial charge in [0.15, 0.2) is 0 Å². The second kappa shape index (κ2) is 3.88. The molecule has 0 radical (unpaired) electrons. The van der Waals surface area contributed by atoms with Gasteiger partial charge in [0.05, 0.1) is 10.6 Å². The number of nitrogens with zero attached hydrogens (tertiary/aromatic N) is 1. The maximum Gasteiger partial charge on any atom is 0.129 e. The highest BCUT2D eigenvalue weighted by molar-refractivity contribution is 9.10. The molecule has 4 heteroatoms. The predicted molar refractivity (Wildman–Crippen MR) is 61.5 cm³/mol. The van der Waals surface area contributed by atoms with Gasteiger partial charge in [-0.25, -0.2) is 0 Å². The van der Waals surface area contributed by atoms with Crippen molar-refractivity contribution in [1.82, 2.24) is 4.57 Å². The highest BCUT2D eigenvalue weighted by Gasteiger charge is 2.16. The van der Waals surface area contributed by atoms with Crippen LogP contribution in [0, 0.1) is 0 Å². The Morgan fingerprint density at radius 2 is 2.29 bits per heavy atom. The van der Waals surface area contributed by atoms with Gasteiger partial charge < -0.3 is 9.67 Å². The van der Waals surface area contributed by atoms with E-state index in [9.17, 15) is 5.11 Å². The van der Waals surface area contributed by atoms with Crippen LogP contribution in [0.15, 0.2) is 34.2 Å². The maximum atomic E-state index is 10.1. The largest absolute Gasteiger partial charge is 0.381 e. The van der Waals surface area contributed by atoms with E-state index in [1.807, 2.05) is 41.4 Å². The number of hydrogen-bond donors (Lipinski definition) is 1. The first-order valence-electron chi connectivity index (χ1n) is 4.22. The molecular weight excluding hydrogens is 262 g/mol. The molecule has 0 bridgehead atoms. The first-order chi connectivity index (χ1) is 6.70. The zero-order valence-corrected chi connectivity index (χ0v) is 10.0. The number of aliphatic hydroxyl groups excluding tert-OH is 1. The number of aliphatic hydroxyl groups is 1. The molecule has 0 aliphatic rings. The van der Waals surface area contributed by atoms with Crippen molar-refractivity contribution in [3.63, 3.8) is 0 Å². The third-order valence-electron chi connectivity index (χ3n) is 2.16. The molecule has 0 aliphatic heterocycles. The summed E-state index contributed by atoms with van der Waals surface area (Å²) in [6.45, 7) is 0. The van der Waals surface area contributed by atoms with Crippen LogP contribution in [-0.2, 0) is 7.05 Å². The summed E-state index contributed by atoms with van der Waals surface area (Å²) in [5, 5.41) is 12.1. The molecule has 0 aliphatic carbocycles. The van der Waals surface area contributed by atoms with Crippen molar-refractivity contribution in [1.29, 1.82) is 0 Å². The summed E-state index contributed by atoms with van der Waals surface area (Å²) in [5.41, 5.74) is 0.910. The average Bonchev–Trinajstić information content (AvgIpc) is 2.73. The van der Waals surface area contributed by atoms with Gasteiger partial charge in [-0.2, -0.15) is 0 Å². The van der Waals surface area contributed by atoms with Gasteiger partial charge in [-0.15, -0.1) is 11.3 Å². The second-order valence-electron chi connectivity index (χ2n) is 3.08. The smallest absolute Gasteiger partial charge is 0.129 e. The predicted octanol–water partition coefficient (Wildman–Crippen LogP) is 2.93. The Bertz CT molecular complexity index is 395. The van der Waals surface area contributed by atoms with Gasteiger partial charge in [0, 0.05) is 17.7 Å². The van der Waals surface area contributed by atoms with Crippen LogP contribution in [0.5, 0.6) is 0 Å². The van der Waals surface area contributed by atoms with E-state index in [0.29, 0.717) is 0 Å². The van der Waals surface area contributed by atoms with Crippen LogP contribution in [0.4, 0.5) is 0 Å². The lowest BCUT2D eigenvalue weighted by Crippen LogP contribution is -2.03. The molecule has 14 heavy (non-hydrogen) atoms. The fraction of sp³-hybridized carbons (Fsp3) is 0.200. The Labute approximate surface area is 94.9 Å². The number of thiophene rings is 1. The van der Waals surface area contributed by atoms with Crippen molar-refractivity contribution in [2.75, 3.05) is 0 Å². The van der Waals surface area contributed by atoms with Crippen LogP contribution in [0.1, 0.15) is 16.7 Å². The molecule has 1 atom stereocenters. The van der Waals surface area contributed by atoms with Gasteiger partial charge in [0.25, 0.3) is 0 Å². The highest BCUT2D eigenvalue weighted by Crippen LogP contribution is 2.32. The molecule has 0 spiro atoms. The van der Waals surface area contributed by atoms with Crippen molar-refractivity contribution in [2.45, 2.75) is 6.10 Å². The third-order valence-corrected chi connectivity index (χ3v) is 4.08. The van der Waals surface area contributed by atoms with E-state index in [0.717, 1.165) is 15.0 Å². The molecule has 2 nitrogen and oxygen atoms in total. The van der Waals surface area contributed by atoms with E-state index in [1.54, 1.807) is 11.3 Å². The topological polar surface area (TPSA) is 25.2 Å². The van der Waals surface area contributed by atoms with E-state index in [4.69, 9.17) is 0 Å². The molecule has 2 aromatic rings. The highest BCUT2D eigenvalue weighted by atomic mass is 79.9. The zero-order chi connectivity index (χ0) is 10.1. The zero-order valence-electron chi connectivity index (χ0n) is 7.64. The Morgan fingerprint density at radius 1 is 1.50 bits per heavy atom. The normalized spacial score (nSPS) is 13.1. The van der Waals surface area contributed by atoms with E-state index in [1.165, 1.54) is 0 Å². The minimum absolute atomic E-state index is 0.538. The summed E-state index contributed by atoms with van der Waals surface area (Å²) < 4.78 is 2.90. The molecule has 2 heterocycles. The Hall–Kier alpha value is -0.580. The number of hydrogen-bond acceptors (Lipinski definition) is 2. The van der Waals surface area contributed by atoms with Crippen molar-refractivity contribution < 1.29 is 5.11 Å². The first-order valence-corrected chi connectivity index (χ1v) is 5.89. The molecule has 0 amide bonds. The SMILES string of the molecule is Cn1cccc1[C@@H](O)c1sccc1Br. The molecule has 1 N–H and O–H groups in total. The lowest BCUT2D eigenvalue weighted by Gasteiger charge is -2.10. The average molecular weight is 272 g/mol. The quantitative estimate of drug-likeness (QED) is 0.893. The molecule has 0 fully saturated rings. The molecule has 0 saturated heterocycles.